The molecule has 0 aliphatic heterocycles. The first-order chi connectivity index (χ1) is 7.41. The highest BCUT2D eigenvalue weighted by Crippen LogP contribution is 2.34. The maximum atomic E-state index is 10.7. The van der Waals surface area contributed by atoms with Gasteiger partial charge in [-0.1, -0.05) is 37.0 Å². The highest BCUT2D eigenvalue weighted by atomic mass is 35.5. The third kappa shape index (κ3) is 3.29. The predicted octanol–water partition coefficient (Wildman–Crippen LogP) is 3.73. The molecule has 16 heavy (non-hydrogen) atoms. The topological polar surface area (TPSA) is 46.5 Å². The molecule has 0 unspecified atom stereocenters. The molecule has 0 aliphatic rings. The molecular weight excluding hydrogens is 251 g/mol. The lowest BCUT2D eigenvalue weighted by Gasteiger charge is -2.12. The van der Waals surface area contributed by atoms with Crippen molar-refractivity contribution in [2.45, 2.75) is 13.8 Å². The predicted molar refractivity (Wildman–Crippen MR) is 63.8 cm³/mol. The molecule has 0 amide bonds. The molecule has 1 N–H and O–H groups in total. The van der Waals surface area contributed by atoms with E-state index in [1.165, 1.54) is 12.1 Å². The summed E-state index contributed by atoms with van der Waals surface area (Å²) in [4.78, 5) is 10.7. The number of benzene rings is 1. The normalized spacial score (nSPS) is 10.6. The maximum absolute atomic E-state index is 10.7. The minimum atomic E-state index is -1.07. The molecule has 0 aromatic heterocycles. The zero-order valence-electron chi connectivity index (χ0n) is 8.96. The van der Waals surface area contributed by atoms with E-state index in [0.717, 1.165) is 0 Å². The minimum absolute atomic E-state index is 0.0481. The van der Waals surface area contributed by atoms with Gasteiger partial charge in [-0.05, 0) is 18.1 Å². The fourth-order valence-corrected chi connectivity index (χ4v) is 1.67. The Kier molecular flexibility index (Phi) is 4.44. The molecule has 0 bridgehead atoms. The summed E-state index contributed by atoms with van der Waals surface area (Å²) in [5.74, 6) is -0.396. The van der Waals surface area contributed by atoms with Crippen LogP contribution in [0.15, 0.2) is 12.1 Å². The third-order valence-corrected chi connectivity index (χ3v) is 2.37. The van der Waals surface area contributed by atoms with Crippen LogP contribution in [0.1, 0.15) is 24.2 Å². The highest BCUT2D eigenvalue weighted by Gasteiger charge is 2.13. The summed E-state index contributed by atoms with van der Waals surface area (Å²) in [6.07, 6.45) is 0. The Bertz CT molecular complexity index is 379. The first-order valence-electron chi connectivity index (χ1n) is 4.77. The lowest BCUT2D eigenvalue weighted by molar-refractivity contribution is 0.0697. The first kappa shape index (κ1) is 13.1. The van der Waals surface area contributed by atoms with Crippen LogP contribution in [0.2, 0.25) is 10.0 Å². The fourth-order valence-electron chi connectivity index (χ4n) is 1.07. The standard InChI is InChI=1S/C11H12Cl2O3/c1-6(2)5-16-10-8(12)3-7(11(14)15)4-9(10)13/h3-4,6H,5H2,1-2H3,(H,14,15). The zero-order valence-corrected chi connectivity index (χ0v) is 10.5. The van der Waals surface area contributed by atoms with Crippen LogP contribution in [-0.4, -0.2) is 17.7 Å². The molecule has 0 spiro atoms. The van der Waals surface area contributed by atoms with Gasteiger partial charge in [-0.3, -0.25) is 0 Å². The Balaban J connectivity index is 2.98. The second-order valence-electron chi connectivity index (χ2n) is 3.78. The van der Waals surface area contributed by atoms with Gasteiger partial charge < -0.3 is 9.84 Å². The van der Waals surface area contributed by atoms with Crippen molar-refractivity contribution in [3.8, 4) is 5.75 Å². The van der Waals surface area contributed by atoms with Gasteiger partial charge in [0.1, 0.15) is 0 Å². The van der Waals surface area contributed by atoms with Crippen molar-refractivity contribution in [3.05, 3.63) is 27.7 Å². The quantitative estimate of drug-likeness (QED) is 0.900. The fraction of sp³-hybridized carbons (Fsp3) is 0.364. The van der Waals surface area contributed by atoms with Gasteiger partial charge in [0.15, 0.2) is 5.75 Å². The summed E-state index contributed by atoms with van der Waals surface area (Å²) in [5, 5.41) is 9.21. The van der Waals surface area contributed by atoms with Gasteiger partial charge in [-0.2, -0.15) is 0 Å². The number of rotatable bonds is 4. The number of ether oxygens (including phenoxy) is 1. The van der Waals surface area contributed by atoms with Gasteiger partial charge in [-0.15, -0.1) is 0 Å². The van der Waals surface area contributed by atoms with E-state index in [2.05, 4.69) is 0 Å². The van der Waals surface area contributed by atoms with E-state index in [-0.39, 0.29) is 15.6 Å². The van der Waals surface area contributed by atoms with E-state index < -0.39 is 5.97 Å². The number of aromatic carboxylic acids is 1. The SMILES string of the molecule is CC(C)COc1c(Cl)cc(C(=O)O)cc1Cl. The van der Waals surface area contributed by atoms with E-state index in [1.54, 1.807) is 0 Å². The van der Waals surface area contributed by atoms with Gasteiger partial charge in [0.25, 0.3) is 0 Å². The summed E-state index contributed by atoms with van der Waals surface area (Å²) in [5.41, 5.74) is 0.0481. The molecule has 88 valence electrons. The Labute approximate surface area is 104 Å². The molecule has 0 fully saturated rings. The van der Waals surface area contributed by atoms with Crippen molar-refractivity contribution < 1.29 is 14.6 Å². The summed E-state index contributed by atoms with van der Waals surface area (Å²) >= 11 is 11.8. The Morgan fingerprint density at radius 2 is 1.88 bits per heavy atom. The largest absolute Gasteiger partial charge is 0.490 e. The molecule has 5 heteroatoms. The van der Waals surface area contributed by atoms with Gasteiger partial charge in [-0.25, -0.2) is 4.79 Å². The number of carboxylic acids is 1. The number of carbonyl (C=O) groups is 1. The van der Waals surface area contributed by atoms with Crippen LogP contribution in [0.5, 0.6) is 5.75 Å². The summed E-state index contributed by atoms with van der Waals surface area (Å²) in [7, 11) is 0. The van der Waals surface area contributed by atoms with Crippen molar-refractivity contribution in [1.29, 1.82) is 0 Å². The maximum Gasteiger partial charge on any atom is 0.335 e. The number of hydrogen-bond acceptors (Lipinski definition) is 2. The molecule has 0 saturated carbocycles. The molecule has 0 radical (unpaired) electrons. The van der Waals surface area contributed by atoms with Crippen LogP contribution in [0.25, 0.3) is 0 Å². The van der Waals surface area contributed by atoms with Crippen molar-refractivity contribution in [2.75, 3.05) is 6.61 Å². The van der Waals surface area contributed by atoms with Crippen molar-refractivity contribution >= 4 is 29.2 Å². The van der Waals surface area contributed by atoms with Crippen molar-refractivity contribution in [2.24, 2.45) is 5.92 Å². The Hall–Kier alpha value is -0.930. The molecule has 0 heterocycles. The van der Waals surface area contributed by atoms with Crippen LogP contribution in [0.3, 0.4) is 0 Å². The molecule has 1 aromatic carbocycles. The van der Waals surface area contributed by atoms with Gasteiger partial charge in [0.2, 0.25) is 0 Å². The second-order valence-corrected chi connectivity index (χ2v) is 4.59. The van der Waals surface area contributed by atoms with Crippen LogP contribution in [0.4, 0.5) is 0 Å². The van der Waals surface area contributed by atoms with Crippen LogP contribution in [-0.2, 0) is 0 Å². The summed E-state index contributed by atoms with van der Waals surface area (Å²) in [6, 6.07) is 2.65. The molecule has 3 nitrogen and oxygen atoms in total. The number of carboxylic acid groups (broad SMARTS) is 1. The van der Waals surface area contributed by atoms with Gasteiger partial charge >= 0.3 is 5.97 Å². The Morgan fingerprint density at radius 3 is 2.25 bits per heavy atom. The van der Waals surface area contributed by atoms with Crippen molar-refractivity contribution in [1.82, 2.24) is 0 Å². The lowest BCUT2D eigenvalue weighted by atomic mass is 10.2. The summed E-state index contributed by atoms with van der Waals surface area (Å²) in [6.45, 7) is 4.46. The second kappa shape index (κ2) is 5.41. The molecule has 0 atom stereocenters. The van der Waals surface area contributed by atoms with E-state index in [9.17, 15) is 4.79 Å². The van der Waals surface area contributed by atoms with Crippen LogP contribution < -0.4 is 4.74 Å². The number of hydrogen-bond donors (Lipinski definition) is 1. The smallest absolute Gasteiger partial charge is 0.335 e. The van der Waals surface area contributed by atoms with Crippen molar-refractivity contribution in [3.63, 3.8) is 0 Å². The van der Waals surface area contributed by atoms with E-state index in [1.807, 2.05) is 13.8 Å². The average Bonchev–Trinajstić information content (AvgIpc) is 2.15. The first-order valence-corrected chi connectivity index (χ1v) is 5.52. The monoisotopic (exact) mass is 262 g/mol. The Morgan fingerprint density at radius 1 is 1.38 bits per heavy atom. The minimum Gasteiger partial charge on any atom is -0.490 e. The molecule has 0 saturated heterocycles. The molecule has 1 rings (SSSR count). The molecular formula is C11H12Cl2O3. The lowest BCUT2D eigenvalue weighted by Crippen LogP contribution is -2.06. The average molecular weight is 263 g/mol. The van der Waals surface area contributed by atoms with Gasteiger partial charge in [0.05, 0.1) is 22.2 Å². The van der Waals surface area contributed by atoms with E-state index >= 15 is 0 Å². The van der Waals surface area contributed by atoms with E-state index in [4.69, 9.17) is 33.0 Å². The number of halogens is 2. The zero-order chi connectivity index (χ0) is 12.3. The summed E-state index contributed by atoms with van der Waals surface area (Å²) < 4.78 is 5.41. The highest BCUT2D eigenvalue weighted by molar-refractivity contribution is 6.37. The van der Waals surface area contributed by atoms with Gasteiger partial charge in [0, 0.05) is 0 Å². The van der Waals surface area contributed by atoms with Crippen LogP contribution in [0, 0.1) is 5.92 Å². The van der Waals surface area contributed by atoms with Crippen LogP contribution >= 0.6 is 23.2 Å². The van der Waals surface area contributed by atoms with E-state index in [0.29, 0.717) is 18.3 Å². The molecule has 1 aromatic rings. The molecule has 0 aliphatic carbocycles. The third-order valence-electron chi connectivity index (χ3n) is 1.81.